The van der Waals surface area contributed by atoms with Crippen molar-refractivity contribution in [3.63, 3.8) is 0 Å². The summed E-state index contributed by atoms with van der Waals surface area (Å²) in [5.41, 5.74) is -0.178. The first-order valence-corrected chi connectivity index (χ1v) is 7.22. The zero-order valence-corrected chi connectivity index (χ0v) is 13.6. The fourth-order valence-electron chi connectivity index (χ4n) is 2.08. The van der Waals surface area contributed by atoms with Gasteiger partial charge in [0.05, 0.1) is 19.8 Å². The van der Waals surface area contributed by atoms with Gasteiger partial charge in [0.15, 0.2) is 17.3 Å². The van der Waals surface area contributed by atoms with E-state index in [2.05, 4.69) is 5.32 Å². The van der Waals surface area contributed by atoms with Gasteiger partial charge in [0, 0.05) is 23.5 Å². The van der Waals surface area contributed by atoms with Crippen LogP contribution in [0, 0.1) is 0 Å². The van der Waals surface area contributed by atoms with Crippen LogP contribution < -0.4 is 14.8 Å². The maximum atomic E-state index is 12.7. The highest BCUT2D eigenvalue weighted by molar-refractivity contribution is 6.05. The molecule has 0 heterocycles. The Labute approximate surface area is 142 Å². The molecule has 0 amide bonds. The number of carbonyl (C=O) groups excluding carboxylic acids is 1. The average molecular weight is 351 g/mol. The zero-order chi connectivity index (χ0) is 18.4. The lowest BCUT2D eigenvalue weighted by molar-refractivity contribution is -0.137. The van der Waals surface area contributed by atoms with Crippen molar-refractivity contribution >= 4 is 11.5 Å². The minimum atomic E-state index is -4.42. The van der Waals surface area contributed by atoms with E-state index in [-0.39, 0.29) is 11.5 Å². The molecule has 0 atom stereocenters. The summed E-state index contributed by atoms with van der Waals surface area (Å²) in [7, 11) is 2.94. The quantitative estimate of drug-likeness (QED) is 0.614. The largest absolute Gasteiger partial charge is 0.493 e. The number of halogens is 3. The van der Waals surface area contributed by atoms with E-state index in [1.807, 2.05) is 0 Å². The van der Waals surface area contributed by atoms with Crippen molar-refractivity contribution in [1.29, 1.82) is 0 Å². The first-order valence-electron chi connectivity index (χ1n) is 7.22. The van der Waals surface area contributed by atoms with Crippen LogP contribution in [-0.2, 0) is 6.18 Å². The molecule has 2 aromatic carbocycles. The number of ketones is 1. The topological polar surface area (TPSA) is 47.6 Å². The van der Waals surface area contributed by atoms with Gasteiger partial charge in [-0.25, -0.2) is 0 Å². The standard InChI is InChI=1S/C18H16F3NO3/c1-24-16-7-6-12(10-17(16)25-2)15(23)8-9-22-14-5-3-4-13(11-14)18(19,20)21/h3-11,22H,1-2H3. The van der Waals surface area contributed by atoms with Gasteiger partial charge in [-0.3, -0.25) is 4.79 Å². The Kier molecular flexibility index (Phi) is 5.69. The number of anilines is 1. The lowest BCUT2D eigenvalue weighted by Crippen LogP contribution is -2.05. The third-order valence-electron chi connectivity index (χ3n) is 3.34. The summed E-state index contributed by atoms with van der Waals surface area (Å²) in [4.78, 5) is 12.1. The van der Waals surface area contributed by atoms with Gasteiger partial charge in [0.1, 0.15) is 0 Å². The summed E-state index contributed by atoms with van der Waals surface area (Å²) in [6.45, 7) is 0. The van der Waals surface area contributed by atoms with Crippen molar-refractivity contribution in [2.24, 2.45) is 0 Å². The van der Waals surface area contributed by atoms with E-state index in [0.717, 1.165) is 12.1 Å². The van der Waals surface area contributed by atoms with Crippen molar-refractivity contribution in [3.05, 3.63) is 65.9 Å². The number of hydrogen-bond acceptors (Lipinski definition) is 4. The number of carbonyl (C=O) groups is 1. The molecule has 0 radical (unpaired) electrons. The molecule has 0 aliphatic heterocycles. The molecule has 0 aromatic heterocycles. The molecule has 0 spiro atoms. The third-order valence-corrected chi connectivity index (χ3v) is 3.34. The molecule has 0 fully saturated rings. The Balaban J connectivity index is 2.09. The normalized spacial score (nSPS) is 11.4. The number of ether oxygens (including phenoxy) is 2. The molecule has 2 aromatic rings. The van der Waals surface area contributed by atoms with Crippen LogP contribution in [0.3, 0.4) is 0 Å². The minimum absolute atomic E-state index is 0.228. The van der Waals surface area contributed by atoms with E-state index >= 15 is 0 Å². The van der Waals surface area contributed by atoms with Gasteiger partial charge in [-0.05, 0) is 36.4 Å². The second kappa shape index (κ2) is 7.74. The molecule has 7 heteroatoms. The molecule has 4 nitrogen and oxygen atoms in total. The van der Waals surface area contributed by atoms with Crippen molar-refractivity contribution in [2.75, 3.05) is 19.5 Å². The Bertz CT molecular complexity index is 785. The van der Waals surface area contributed by atoms with Gasteiger partial charge >= 0.3 is 6.18 Å². The van der Waals surface area contributed by atoms with Crippen LogP contribution in [-0.4, -0.2) is 20.0 Å². The number of rotatable bonds is 6. The molecule has 0 saturated heterocycles. The Morgan fingerprint density at radius 3 is 2.40 bits per heavy atom. The lowest BCUT2D eigenvalue weighted by atomic mass is 10.1. The number of alkyl halides is 3. The summed E-state index contributed by atoms with van der Waals surface area (Å²) < 4.78 is 48.2. The summed E-state index contributed by atoms with van der Waals surface area (Å²) in [5, 5.41) is 2.65. The smallest absolute Gasteiger partial charge is 0.416 e. The highest BCUT2D eigenvalue weighted by Crippen LogP contribution is 2.30. The van der Waals surface area contributed by atoms with E-state index in [4.69, 9.17) is 9.47 Å². The number of allylic oxidation sites excluding steroid dienone is 1. The van der Waals surface area contributed by atoms with Crippen molar-refractivity contribution in [2.45, 2.75) is 6.18 Å². The number of methoxy groups -OCH3 is 2. The first-order chi connectivity index (χ1) is 11.8. The second-order valence-corrected chi connectivity index (χ2v) is 4.99. The highest BCUT2D eigenvalue weighted by Gasteiger charge is 2.30. The van der Waals surface area contributed by atoms with Crippen LogP contribution in [0.1, 0.15) is 15.9 Å². The maximum Gasteiger partial charge on any atom is 0.416 e. The summed E-state index contributed by atoms with van der Waals surface area (Å²) in [6, 6.07) is 9.39. The van der Waals surface area contributed by atoms with Gasteiger partial charge in [0.25, 0.3) is 0 Å². The average Bonchev–Trinajstić information content (AvgIpc) is 2.60. The van der Waals surface area contributed by atoms with Crippen molar-refractivity contribution < 1.29 is 27.4 Å². The predicted octanol–water partition coefficient (Wildman–Crippen LogP) is 4.53. The van der Waals surface area contributed by atoms with Crippen LogP contribution in [0.5, 0.6) is 11.5 Å². The predicted molar refractivity (Wildman–Crippen MR) is 88.1 cm³/mol. The molecular formula is C18H16F3NO3. The molecule has 2 rings (SSSR count). The summed E-state index contributed by atoms with van der Waals surface area (Å²) in [6.07, 6.45) is -1.91. The second-order valence-electron chi connectivity index (χ2n) is 4.99. The Hall–Kier alpha value is -2.96. The number of nitrogens with one attached hydrogen (secondary N) is 1. The van der Waals surface area contributed by atoms with E-state index < -0.39 is 11.7 Å². The summed E-state index contributed by atoms with van der Waals surface area (Å²) in [5.74, 6) is 0.568. The van der Waals surface area contributed by atoms with Gasteiger partial charge in [0.2, 0.25) is 0 Å². The molecule has 25 heavy (non-hydrogen) atoms. The fraction of sp³-hybridized carbons (Fsp3) is 0.167. The maximum absolute atomic E-state index is 12.7. The molecule has 0 aliphatic carbocycles. The Morgan fingerprint density at radius 2 is 1.76 bits per heavy atom. The van der Waals surface area contributed by atoms with Crippen LogP contribution in [0.15, 0.2) is 54.7 Å². The van der Waals surface area contributed by atoms with E-state index in [9.17, 15) is 18.0 Å². The third kappa shape index (κ3) is 4.76. The monoisotopic (exact) mass is 351 g/mol. The van der Waals surface area contributed by atoms with Crippen molar-refractivity contribution in [1.82, 2.24) is 0 Å². The number of hydrogen-bond donors (Lipinski definition) is 1. The summed E-state index contributed by atoms with van der Waals surface area (Å²) >= 11 is 0. The van der Waals surface area contributed by atoms with Crippen LogP contribution in [0.25, 0.3) is 0 Å². The lowest BCUT2D eigenvalue weighted by Gasteiger charge is -2.09. The molecular weight excluding hydrogens is 335 g/mol. The van der Waals surface area contributed by atoms with Crippen LogP contribution in [0.4, 0.5) is 18.9 Å². The van der Waals surface area contributed by atoms with E-state index in [1.165, 1.54) is 44.7 Å². The van der Waals surface area contributed by atoms with E-state index in [0.29, 0.717) is 17.1 Å². The SMILES string of the molecule is COc1ccc(C(=O)C=CNc2cccc(C(F)(F)F)c2)cc1OC. The van der Waals surface area contributed by atoms with Crippen molar-refractivity contribution in [3.8, 4) is 11.5 Å². The molecule has 0 unspecified atom stereocenters. The highest BCUT2D eigenvalue weighted by atomic mass is 19.4. The number of benzene rings is 2. The molecule has 0 aliphatic rings. The van der Waals surface area contributed by atoms with Gasteiger partial charge in [-0.2, -0.15) is 13.2 Å². The van der Waals surface area contributed by atoms with Crippen LogP contribution in [0.2, 0.25) is 0 Å². The Morgan fingerprint density at radius 1 is 1.04 bits per heavy atom. The zero-order valence-electron chi connectivity index (χ0n) is 13.6. The van der Waals surface area contributed by atoms with Crippen LogP contribution >= 0.6 is 0 Å². The van der Waals surface area contributed by atoms with E-state index in [1.54, 1.807) is 12.1 Å². The van der Waals surface area contributed by atoms with Gasteiger partial charge in [-0.1, -0.05) is 6.07 Å². The molecule has 132 valence electrons. The molecule has 0 bridgehead atoms. The molecule has 0 saturated carbocycles. The minimum Gasteiger partial charge on any atom is -0.493 e. The van der Waals surface area contributed by atoms with Gasteiger partial charge < -0.3 is 14.8 Å². The molecule has 1 N–H and O–H groups in total. The fourth-order valence-corrected chi connectivity index (χ4v) is 2.08. The first kappa shape index (κ1) is 18.4. The van der Waals surface area contributed by atoms with Gasteiger partial charge in [-0.15, -0.1) is 0 Å².